The number of piperidine rings is 1. The molecular weight excluding hydrogens is 349 g/mol. The van der Waals surface area contributed by atoms with Crippen LogP contribution in [0.25, 0.3) is 11.0 Å². The standard InChI is InChI=1S/C16H23N5O.2ClH/c1-10(2)21-15-14(9-18-21)13(8-11(3)19-15)16(22)20-12-4-6-17-7-5-12;;/h8-10,12,17H,4-7H2,1-3H3,(H,20,22);2*1H. The number of aromatic nitrogens is 3. The summed E-state index contributed by atoms with van der Waals surface area (Å²) in [5, 5.41) is 11.7. The van der Waals surface area contributed by atoms with Crippen molar-refractivity contribution in [3.63, 3.8) is 0 Å². The maximum absolute atomic E-state index is 12.7. The number of rotatable bonds is 3. The number of hydrogen-bond donors (Lipinski definition) is 2. The average Bonchev–Trinajstić information content (AvgIpc) is 2.91. The van der Waals surface area contributed by atoms with E-state index in [1.807, 2.05) is 17.7 Å². The van der Waals surface area contributed by atoms with Crippen molar-refractivity contribution in [3.05, 3.63) is 23.5 Å². The van der Waals surface area contributed by atoms with Gasteiger partial charge in [-0.15, -0.1) is 24.8 Å². The van der Waals surface area contributed by atoms with Crippen LogP contribution in [0.1, 0.15) is 48.8 Å². The Morgan fingerprint density at radius 3 is 2.62 bits per heavy atom. The zero-order valence-corrected chi connectivity index (χ0v) is 15.8. The van der Waals surface area contributed by atoms with Crippen LogP contribution in [0, 0.1) is 6.92 Å². The van der Waals surface area contributed by atoms with Gasteiger partial charge in [0.1, 0.15) is 0 Å². The predicted molar refractivity (Wildman–Crippen MR) is 101 cm³/mol. The van der Waals surface area contributed by atoms with Crippen LogP contribution in [0.3, 0.4) is 0 Å². The van der Waals surface area contributed by atoms with Gasteiger partial charge in [0.15, 0.2) is 5.65 Å². The van der Waals surface area contributed by atoms with Gasteiger partial charge in [0.25, 0.3) is 5.91 Å². The number of carbonyl (C=O) groups excluding carboxylic acids is 1. The first-order valence-corrected chi connectivity index (χ1v) is 7.92. The number of hydrogen-bond acceptors (Lipinski definition) is 4. The lowest BCUT2D eigenvalue weighted by Gasteiger charge is -2.23. The highest BCUT2D eigenvalue weighted by Gasteiger charge is 2.20. The molecule has 2 N–H and O–H groups in total. The third-order valence-corrected chi connectivity index (χ3v) is 4.10. The molecule has 6 nitrogen and oxygen atoms in total. The summed E-state index contributed by atoms with van der Waals surface area (Å²) in [5.74, 6) is -0.0225. The summed E-state index contributed by atoms with van der Waals surface area (Å²) in [6.07, 6.45) is 3.70. The predicted octanol–water partition coefficient (Wildman–Crippen LogP) is 2.65. The molecule has 3 rings (SSSR count). The first-order valence-electron chi connectivity index (χ1n) is 7.92. The Labute approximate surface area is 154 Å². The fourth-order valence-corrected chi connectivity index (χ4v) is 2.94. The summed E-state index contributed by atoms with van der Waals surface area (Å²) in [6.45, 7) is 7.96. The Hall–Kier alpha value is -1.37. The van der Waals surface area contributed by atoms with Gasteiger partial charge in [-0.3, -0.25) is 4.79 Å². The van der Waals surface area contributed by atoms with Crippen LogP contribution in [0.15, 0.2) is 12.3 Å². The number of pyridine rings is 1. The second-order valence-corrected chi connectivity index (χ2v) is 6.23. The van der Waals surface area contributed by atoms with Gasteiger partial charge in [-0.05, 0) is 52.8 Å². The molecule has 0 bridgehead atoms. The van der Waals surface area contributed by atoms with Crippen molar-refractivity contribution in [3.8, 4) is 0 Å². The molecule has 1 aliphatic rings. The Kier molecular flexibility index (Phi) is 7.45. The van der Waals surface area contributed by atoms with E-state index in [0.29, 0.717) is 5.56 Å². The van der Waals surface area contributed by atoms with E-state index < -0.39 is 0 Å². The topological polar surface area (TPSA) is 71.8 Å². The van der Waals surface area contributed by atoms with Gasteiger partial charge in [0.2, 0.25) is 0 Å². The Morgan fingerprint density at radius 1 is 1.33 bits per heavy atom. The lowest BCUT2D eigenvalue weighted by molar-refractivity contribution is 0.0931. The minimum atomic E-state index is -0.0225. The summed E-state index contributed by atoms with van der Waals surface area (Å²) in [5.41, 5.74) is 2.30. The van der Waals surface area contributed by atoms with Crippen molar-refractivity contribution >= 4 is 41.8 Å². The van der Waals surface area contributed by atoms with Crippen LogP contribution in [0.4, 0.5) is 0 Å². The van der Waals surface area contributed by atoms with Crippen LogP contribution < -0.4 is 10.6 Å². The molecule has 24 heavy (non-hydrogen) atoms. The highest BCUT2D eigenvalue weighted by atomic mass is 35.5. The van der Waals surface area contributed by atoms with E-state index in [1.165, 1.54) is 0 Å². The van der Waals surface area contributed by atoms with Crippen molar-refractivity contribution < 1.29 is 4.79 Å². The van der Waals surface area contributed by atoms with E-state index >= 15 is 0 Å². The largest absolute Gasteiger partial charge is 0.349 e. The molecule has 0 aliphatic carbocycles. The van der Waals surface area contributed by atoms with Gasteiger partial charge in [0.05, 0.1) is 17.1 Å². The molecule has 3 heterocycles. The molecule has 1 amide bonds. The molecule has 8 heteroatoms. The van der Waals surface area contributed by atoms with Crippen LogP contribution in [0.2, 0.25) is 0 Å². The van der Waals surface area contributed by atoms with Crippen LogP contribution >= 0.6 is 24.8 Å². The lowest BCUT2D eigenvalue weighted by atomic mass is 10.1. The molecule has 0 atom stereocenters. The van der Waals surface area contributed by atoms with E-state index in [4.69, 9.17) is 0 Å². The molecule has 0 aromatic carbocycles. The highest BCUT2D eigenvalue weighted by molar-refractivity contribution is 6.05. The zero-order chi connectivity index (χ0) is 15.7. The first-order chi connectivity index (χ1) is 10.6. The number of amides is 1. The average molecular weight is 374 g/mol. The van der Waals surface area contributed by atoms with Gasteiger partial charge in [-0.25, -0.2) is 9.67 Å². The minimum Gasteiger partial charge on any atom is -0.349 e. The van der Waals surface area contributed by atoms with Crippen molar-refractivity contribution in [2.75, 3.05) is 13.1 Å². The van der Waals surface area contributed by atoms with Gasteiger partial charge in [-0.1, -0.05) is 0 Å². The molecule has 134 valence electrons. The van der Waals surface area contributed by atoms with Crippen LogP contribution in [0.5, 0.6) is 0 Å². The molecule has 1 aliphatic heterocycles. The van der Waals surface area contributed by atoms with Crippen LogP contribution in [-0.4, -0.2) is 39.8 Å². The fourth-order valence-electron chi connectivity index (χ4n) is 2.94. The Morgan fingerprint density at radius 2 is 2.00 bits per heavy atom. The molecule has 1 fully saturated rings. The molecular formula is C16H25Cl2N5O. The van der Waals surface area contributed by atoms with Gasteiger partial charge in [0, 0.05) is 17.8 Å². The number of fused-ring (bicyclic) bond motifs is 1. The fraction of sp³-hybridized carbons (Fsp3) is 0.562. The molecule has 0 saturated carbocycles. The summed E-state index contributed by atoms with van der Waals surface area (Å²) in [6, 6.07) is 2.31. The molecule has 0 radical (unpaired) electrons. The third kappa shape index (κ3) is 4.18. The highest BCUT2D eigenvalue weighted by Crippen LogP contribution is 2.21. The van der Waals surface area contributed by atoms with E-state index in [2.05, 4.69) is 34.6 Å². The summed E-state index contributed by atoms with van der Waals surface area (Å²) >= 11 is 0. The van der Waals surface area contributed by atoms with Crippen molar-refractivity contribution in [2.24, 2.45) is 0 Å². The first kappa shape index (κ1) is 20.7. The smallest absolute Gasteiger partial charge is 0.252 e. The van der Waals surface area contributed by atoms with Crippen LogP contribution in [-0.2, 0) is 0 Å². The summed E-state index contributed by atoms with van der Waals surface area (Å²) in [7, 11) is 0. The van der Waals surface area contributed by atoms with E-state index in [0.717, 1.165) is 42.7 Å². The maximum Gasteiger partial charge on any atom is 0.252 e. The Balaban J connectivity index is 0.00000144. The van der Waals surface area contributed by atoms with Gasteiger partial charge >= 0.3 is 0 Å². The number of aryl methyl sites for hydroxylation is 1. The lowest BCUT2D eigenvalue weighted by Crippen LogP contribution is -2.42. The van der Waals surface area contributed by atoms with Gasteiger partial charge < -0.3 is 10.6 Å². The van der Waals surface area contributed by atoms with E-state index in [1.54, 1.807) is 6.20 Å². The normalized spacial score (nSPS) is 15.0. The number of halogens is 2. The second kappa shape index (κ2) is 8.65. The molecule has 0 spiro atoms. The van der Waals surface area contributed by atoms with Gasteiger partial charge in [-0.2, -0.15) is 5.10 Å². The molecule has 2 aromatic rings. The zero-order valence-electron chi connectivity index (χ0n) is 14.2. The minimum absolute atomic E-state index is 0. The maximum atomic E-state index is 12.7. The number of nitrogens with one attached hydrogen (secondary N) is 2. The van der Waals surface area contributed by atoms with E-state index in [9.17, 15) is 4.79 Å². The number of carbonyl (C=O) groups is 1. The third-order valence-electron chi connectivity index (χ3n) is 4.10. The van der Waals surface area contributed by atoms with Crippen molar-refractivity contribution in [2.45, 2.75) is 45.7 Å². The van der Waals surface area contributed by atoms with Crippen molar-refractivity contribution in [1.29, 1.82) is 0 Å². The van der Waals surface area contributed by atoms with E-state index in [-0.39, 0.29) is 42.8 Å². The second-order valence-electron chi connectivity index (χ2n) is 6.23. The van der Waals surface area contributed by atoms with Crippen molar-refractivity contribution in [1.82, 2.24) is 25.4 Å². The Bertz CT molecular complexity index is 695. The summed E-state index contributed by atoms with van der Waals surface area (Å²) in [4.78, 5) is 17.2. The molecule has 0 unspecified atom stereocenters. The summed E-state index contributed by atoms with van der Waals surface area (Å²) < 4.78 is 1.86. The molecule has 2 aromatic heterocycles. The monoisotopic (exact) mass is 373 g/mol. The number of nitrogens with zero attached hydrogens (tertiary/aromatic N) is 3. The molecule has 1 saturated heterocycles. The SMILES string of the molecule is Cc1cc(C(=O)NC2CCNCC2)c2cnn(C(C)C)c2n1.Cl.Cl. The quantitative estimate of drug-likeness (QED) is 0.867.